The predicted octanol–water partition coefficient (Wildman–Crippen LogP) is -27.6. The van der Waals surface area contributed by atoms with E-state index in [2.05, 4.69) is 29.3 Å². The summed E-state index contributed by atoms with van der Waals surface area (Å²) in [4.78, 5) is -0.0608. The summed E-state index contributed by atoms with van der Waals surface area (Å²) in [5.74, 6) is 0. The Morgan fingerprint density at radius 1 is 0.446 bits per heavy atom. The summed E-state index contributed by atoms with van der Waals surface area (Å²) in [5.41, 5.74) is 3.42. The van der Waals surface area contributed by atoms with Gasteiger partial charge in [0, 0.05) is 10.6 Å². The third-order valence-corrected chi connectivity index (χ3v) is 10.8. The van der Waals surface area contributed by atoms with Crippen LogP contribution in [0.25, 0.3) is 0 Å². The quantitative estimate of drug-likeness (QED) is 0.0548. The molecule has 1 aromatic rings. The van der Waals surface area contributed by atoms with Gasteiger partial charge in [-0.05, 0) is 24.3 Å². The van der Waals surface area contributed by atoms with Gasteiger partial charge in [-0.2, -0.15) is 0 Å². The van der Waals surface area contributed by atoms with Crippen molar-refractivity contribution >= 4 is 90.2 Å². The third kappa shape index (κ3) is 31.2. The van der Waals surface area contributed by atoms with E-state index >= 15 is 0 Å². The van der Waals surface area contributed by atoms with Gasteiger partial charge in [0.15, 0.2) is 12.4 Å². The van der Waals surface area contributed by atoms with Gasteiger partial charge < -0.3 is 51.8 Å². The van der Waals surface area contributed by atoms with Gasteiger partial charge in [-0.15, -0.1) is 0 Å². The van der Waals surface area contributed by atoms with E-state index in [0.717, 1.165) is 12.1 Å². The van der Waals surface area contributed by atoms with Crippen molar-refractivity contribution < 1.29 is 341 Å². The normalized spacial score (nSPS) is 26.4. The first-order valence-corrected chi connectivity index (χ1v) is 24.1. The SMILES string of the molecule is Nc1ccc(S[C@@H]2O[C@H](COS(=O)(=O)[O-])[C@@H](O[C@H]3O[C@H](COS(=O)(=O)[O-])[C@@H](OS(=O)(=O)[O-])[C@H](OS(=O)(=O)[O-])[C@H]3OS(=O)(=O)[O-])[C@H](OS(=O)(=O)[O-])[C@H]2OS(=O)(=O)[O-])cc1.[Na+].[Na+].[Na+].[Na+].[Na+].[Na+].[Na+]. The molecule has 3 rings (SSSR count). The van der Waals surface area contributed by atoms with Gasteiger partial charge in [0.1, 0.15) is 48.2 Å². The van der Waals surface area contributed by atoms with Crippen LogP contribution in [0.1, 0.15) is 0 Å². The fraction of sp³-hybridized carbons (Fsp3) is 0.667. The summed E-state index contributed by atoms with van der Waals surface area (Å²) >= 11 is 0.241. The summed E-state index contributed by atoms with van der Waals surface area (Å²) < 4.78 is 289. The van der Waals surface area contributed by atoms with E-state index in [1.807, 2.05) is 0 Å². The van der Waals surface area contributed by atoms with Gasteiger partial charge in [-0.1, -0.05) is 11.8 Å². The Morgan fingerprint density at radius 2 is 0.769 bits per heavy atom. The van der Waals surface area contributed by atoms with E-state index in [1.54, 1.807) is 0 Å². The molecule has 0 aromatic heterocycles. The van der Waals surface area contributed by atoms with E-state index in [9.17, 15) is 90.8 Å². The molecule has 1 aromatic carbocycles. The van der Waals surface area contributed by atoms with Crippen LogP contribution in [-0.2, 0) is 116 Å². The Morgan fingerprint density at radius 3 is 1.14 bits per heavy atom. The molecule has 2 aliphatic heterocycles. The molecule has 0 unspecified atom stereocenters. The van der Waals surface area contributed by atoms with E-state index < -0.39 is 147 Å². The molecule has 0 radical (unpaired) electrons. The molecule has 32 nitrogen and oxygen atoms in total. The molecule has 65 heavy (non-hydrogen) atoms. The number of hydrogen-bond donors (Lipinski definition) is 1. The zero-order chi connectivity index (χ0) is 44.4. The van der Waals surface area contributed by atoms with Crippen LogP contribution in [0.4, 0.5) is 5.69 Å². The van der Waals surface area contributed by atoms with Crippen molar-refractivity contribution in [3.63, 3.8) is 0 Å². The molecule has 338 valence electrons. The van der Waals surface area contributed by atoms with E-state index in [-0.39, 0.29) is 229 Å². The summed E-state index contributed by atoms with van der Waals surface area (Å²) in [5, 5.41) is 0. The van der Waals surface area contributed by atoms with Crippen LogP contribution in [0.2, 0.25) is 0 Å². The number of nitrogen functional groups attached to an aromatic ring is 1. The minimum atomic E-state index is -6.43. The van der Waals surface area contributed by atoms with Crippen LogP contribution in [0, 0.1) is 0 Å². The summed E-state index contributed by atoms with van der Waals surface area (Å²) in [6.45, 7) is -3.77. The molecule has 0 spiro atoms. The number of rotatable bonds is 20. The Balaban J connectivity index is -0.00000171. The first kappa shape index (κ1) is 79.2. The molecule has 0 amide bonds. The number of nitrogens with two attached hydrogens (primary N) is 1. The standard InChI is InChI=1S/C18H27NO31S8.7Na/c19-7-1-3-8(4-2-7)51-18-16(50-58(38,39)40)13(47-55(29,30)31)11(9(44-18)5-41-52(20,21)22)45-17-15(49-57(35,36)37)14(48-56(32,33)34)12(46-54(26,27)28)10(43-17)6-42-53(23,24)25;;;;;;;/h1-4,9-18H,5-6,19H2,(H,20,21,22)(H,23,24,25)(H,26,27,28)(H,29,30,31)(H,32,33,34)(H,35,36,37)(H,38,39,40);;;;;;;/q;7*+1/p-7/t9-,10-,11-,12-,13+,14+,15-,16-,17-,18+;;;;;;;/m1......./s1. The van der Waals surface area contributed by atoms with Crippen molar-refractivity contribution in [3.05, 3.63) is 24.3 Å². The molecule has 2 N–H and O–H groups in total. The number of benzene rings is 1. The Labute approximate surface area is 530 Å². The fourth-order valence-electron chi connectivity index (χ4n) is 4.75. The molecule has 2 saturated heterocycles. The maximum absolute atomic E-state index is 12.0. The number of hydrogen-bond acceptors (Lipinski definition) is 33. The van der Waals surface area contributed by atoms with Crippen LogP contribution in [0.15, 0.2) is 29.2 Å². The van der Waals surface area contributed by atoms with Crippen LogP contribution >= 0.6 is 11.8 Å². The first-order chi connectivity index (χ1) is 26.0. The minimum absolute atomic E-state index is 0. The third-order valence-electron chi connectivity index (χ3n) is 6.50. The zero-order valence-electron chi connectivity index (χ0n) is 34.0. The smallest absolute Gasteiger partial charge is 0.726 e. The maximum Gasteiger partial charge on any atom is 1.00 e. The van der Waals surface area contributed by atoms with Gasteiger partial charge in [0.2, 0.25) is 72.8 Å². The molecular weight excluding hydrogens is 1140 g/mol. The Kier molecular flexibility index (Phi) is 39.2. The molecular formula is C18H20NNa7O31S8. The number of thioether (sulfide) groups is 1. The van der Waals surface area contributed by atoms with Gasteiger partial charge >= 0.3 is 207 Å². The first-order valence-electron chi connectivity index (χ1n) is 13.9. The van der Waals surface area contributed by atoms with Crippen molar-refractivity contribution in [1.82, 2.24) is 0 Å². The van der Waals surface area contributed by atoms with Crippen molar-refractivity contribution in [2.75, 3.05) is 18.9 Å². The molecule has 2 heterocycles. The second-order valence-electron chi connectivity index (χ2n) is 10.6. The molecule has 0 aliphatic carbocycles. The summed E-state index contributed by atoms with van der Waals surface area (Å²) in [7, 11) is -43.5. The number of ether oxygens (including phenoxy) is 3. The van der Waals surface area contributed by atoms with E-state index in [0.29, 0.717) is 0 Å². The van der Waals surface area contributed by atoms with Crippen LogP contribution in [-0.4, -0.2) is 165 Å². The van der Waals surface area contributed by atoms with Crippen LogP contribution in [0.5, 0.6) is 0 Å². The fourth-order valence-corrected chi connectivity index (χ4v) is 8.97. The van der Waals surface area contributed by atoms with Crippen molar-refractivity contribution in [3.8, 4) is 0 Å². The summed E-state index contributed by atoms with van der Waals surface area (Å²) in [6, 6.07) is 4.69. The van der Waals surface area contributed by atoms with E-state index in [1.165, 1.54) is 12.1 Å². The molecule has 10 atom stereocenters. The Bertz CT molecular complexity index is 2420. The van der Waals surface area contributed by atoms with E-state index in [4.69, 9.17) is 19.9 Å². The number of anilines is 1. The van der Waals surface area contributed by atoms with Gasteiger partial charge in [0.05, 0.1) is 13.2 Å². The second-order valence-corrected chi connectivity index (χ2v) is 18.9. The molecule has 2 fully saturated rings. The zero-order valence-corrected chi connectivity index (χ0v) is 54.5. The second kappa shape index (κ2) is 32.2. The minimum Gasteiger partial charge on any atom is -0.726 e. The average molecular weight is 1160 g/mol. The monoisotopic (exact) mass is 1160 g/mol. The van der Waals surface area contributed by atoms with Gasteiger partial charge in [-0.25, -0.2) is 58.9 Å². The maximum atomic E-state index is 12.0. The van der Waals surface area contributed by atoms with Crippen LogP contribution < -0.4 is 213 Å². The molecule has 47 heteroatoms. The molecule has 0 saturated carbocycles. The van der Waals surface area contributed by atoms with Gasteiger partial charge in [-0.3, -0.25) is 29.3 Å². The van der Waals surface area contributed by atoms with Gasteiger partial charge in [0.25, 0.3) is 0 Å². The largest absolute Gasteiger partial charge is 1.00 e. The average Bonchev–Trinajstić information content (AvgIpc) is 2.98. The predicted molar refractivity (Wildman–Crippen MR) is 163 cm³/mol. The van der Waals surface area contributed by atoms with Crippen LogP contribution in [0.3, 0.4) is 0 Å². The molecule has 2 aliphatic rings. The Hall–Kier alpha value is 5.34. The topological polar surface area (TPSA) is 519 Å². The van der Waals surface area contributed by atoms with Crippen molar-refractivity contribution in [2.45, 2.75) is 65.5 Å². The van der Waals surface area contributed by atoms with Crippen molar-refractivity contribution in [2.24, 2.45) is 0 Å². The molecule has 0 bridgehead atoms. The van der Waals surface area contributed by atoms with Crippen molar-refractivity contribution in [1.29, 1.82) is 0 Å². The summed E-state index contributed by atoms with van der Waals surface area (Å²) in [6.07, 6.45) is -28.0.